The molecule has 0 aliphatic rings. The van der Waals surface area contributed by atoms with Crippen LogP contribution < -0.4 is 9.64 Å². The number of aldehydes is 1. The summed E-state index contributed by atoms with van der Waals surface area (Å²) >= 11 is 6.78. The molecule has 0 bridgehead atoms. The quantitative estimate of drug-likeness (QED) is 0.119. The number of para-hydroxylation sites is 1. The zero-order valence-corrected chi connectivity index (χ0v) is 27.8. The van der Waals surface area contributed by atoms with Crippen molar-refractivity contribution in [3.05, 3.63) is 107 Å². The smallest absolute Gasteiger partial charge is 0.160 e. The lowest BCUT2D eigenvalue weighted by atomic mass is 10.1. The summed E-state index contributed by atoms with van der Waals surface area (Å²) in [5.41, 5.74) is 5.69. The molecule has 0 unspecified atom stereocenters. The van der Waals surface area contributed by atoms with E-state index < -0.39 is 0 Å². The van der Waals surface area contributed by atoms with Crippen LogP contribution in [0.25, 0.3) is 39.7 Å². The summed E-state index contributed by atoms with van der Waals surface area (Å²) in [5, 5.41) is 2.07. The van der Waals surface area contributed by atoms with Crippen molar-refractivity contribution >= 4 is 87.5 Å². The highest BCUT2D eigenvalue weighted by atomic mass is 32.1. The van der Waals surface area contributed by atoms with E-state index in [0.717, 1.165) is 43.4 Å². The van der Waals surface area contributed by atoms with Crippen LogP contribution in [0.1, 0.15) is 9.67 Å². The first kappa shape index (κ1) is 40.7. The van der Waals surface area contributed by atoms with Crippen LogP contribution in [0, 0.1) is 0 Å². The van der Waals surface area contributed by atoms with Crippen LogP contribution in [-0.2, 0) is 0 Å². The Balaban J connectivity index is 0.000000768. The maximum absolute atomic E-state index is 11.1. The number of methoxy groups -OCH3 is 1. The molecule has 0 saturated carbocycles. The SMILES string of the molecule is COc1csc2cc(-c3ccc(N(c4ccccc4)c4ccc(-c5cc6sc(C=O)cc6s5)cc4)cc3)sc12.FF.FF.FF.FF.FF. The van der Waals surface area contributed by atoms with E-state index in [1.807, 2.05) is 12.1 Å². The van der Waals surface area contributed by atoms with Crippen LogP contribution in [0.3, 0.4) is 0 Å². The molecule has 0 radical (unpaired) electrons. The topological polar surface area (TPSA) is 29.5 Å². The lowest BCUT2D eigenvalue weighted by Crippen LogP contribution is -2.09. The minimum absolute atomic E-state index is 0.779. The molecular weight excluding hydrogens is 749 g/mol. The molecule has 0 spiro atoms. The Kier molecular flexibility index (Phi) is 17.9. The predicted molar refractivity (Wildman–Crippen MR) is 182 cm³/mol. The number of rotatable bonds is 7. The van der Waals surface area contributed by atoms with Crippen molar-refractivity contribution in [3.8, 4) is 26.6 Å². The number of carbonyl (C=O) groups excluding carboxylic acids is 1. The lowest BCUT2D eigenvalue weighted by Gasteiger charge is -2.25. The Bertz CT molecular complexity index is 1910. The second-order valence-corrected chi connectivity index (χ2v) is 13.1. The first-order valence-corrected chi connectivity index (χ1v) is 16.3. The van der Waals surface area contributed by atoms with Crippen molar-refractivity contribution in [1.29, 1.82) is 0 Å². The van der Waals surface area contributed by atoms with Gasteiger partial charge in [0, 0.05) is 92.0 Å². The molecule has 3 aromatic carbocycles. The predicted octanol–water partition coefficient (Wildman–Crippen LogP) is 15.1. The van der Waals surface area contributed by atoms with Crippen molar-refractivity contribution in [2.45, 2.75) is 0 Å². The van der Waals surface area contributed by atoms with Gasteiger partial charge in [-0.3, -0.25) is 4.79 Å². The summed E-state index contributed by atoms with van der Waals surface area (Å²) in [6, 6.07) is 34.4. The second kappa shape index (κ2) is 21.5. The molecule has 0 aliphatic carbocycles. The van der Waals surface area contributed by atoms with Crippen molar-refractivity contribution in [1.82, 2.24) is 0 Å². The van der Waals surface area contributed by atoms with Gasteiger partial charge in [-0.2, -0.15) is 0 Å². The van der Waals surface area contributed by atoms with Crippen LogP contribution >= 0.6 is 45.3 Å². The highest BCUT2D eigenvalue weighted by molar-refractivity contribution is 7.30. The van der Waals surface area contributed by atoms with Gasteiger partial charge in [0.1, 0.15) is 5.75 Å². The molecule has 0 atom stereocenters. The average molecular weight is 770 g/mol. The van der Waals surface area contributed by atoms with Gasteiger partial charge < -0.3 is 9.64 Å². The number of ether oxygens (including phenoxy) is 1. The van der Waals surface area contributed by atoms with Crippen LogP contribution in [-0.4, -0.2) is 13.4 Å². The van der Waals surface area contributed by atoms with Gasteiger partial charge in [-0.1, -0.05) is 42.5 Å². The molecule has 4 aromatic heterocycles. The van der Waals surface area contributed by atoms with E-state index in [9.17, 15) is 4.79 Å². The number of fused-ring (bicyclic) bond motifs is 2. The summed E-state index contributed by atoms with van der Waals surface area (Å²) in [5.74, 6) is 0.953. The molecule has 4 heterocycles. The van der Waals surface area contributed by atoms with E-state index >= 15 is 0 Å². The molecule has 7 aromatic rings. The summed E-state index contributed by atoms with van der Waals surface area (Å²) in [6.07, 6.45) is 0.927. The second-order valence-electron chi connectivity index (χ2n) is 8.98. The maximum atomic E-state index is 11.1. The summed E-state index contributed by atoms with van der Waals surface area (Å²) in [4.78, 5) is 16.6. The molecule has 260 valence electrons. The average Bonchev–Trinajstić information content (AvgIpc) is 3.98. The maximum Gasteiger partial charge on any atom is 0.160 e. The fourth-order valence-corrected chi connectivity index (χ4v) is 9.26. The molecule has 0 saturated heterocycles. The van der Waals surface area contributed by atoms with E-state index in [0.29, 0.717) is 0 Å². The molecule has 49 heavy (non-hydrogen) atoms. The number of anilines is 3. The summed E-state index contributed by atoms with van der Waals surface area (Å²) < 4.78 is 90.3. The van der Waals surface area contributed by atoms with Gasteiger partial charge in [-0.05, 0) is 65.7 Å². The van der Waals surface area contributed by atoms with Gasteiger partial charge in [-0.15, -0.1) is 45.3 Å². The number of carbonyl (C=O) groups is 1. The largest absolute Gasteiger partial charge is 0.494 e. The normalized spacial score (nSPS) is 9.61. The molecule has 7 rings (SSSR count). The van der Waals surface area contributed by atoms with E-state index in [1.54, 1.807) is 52.5 Å². The lowest BCUT2D eigenvalue weighted by molar-refractivity contribution is 0.108. The van der Waals surface area contributed by atoms with Gasteiger partial charge in [0.2, 0.25) is 0 Å². The molecule has 0 amide bonds. The van der Waals surface area contributed by atoms with Gasteiger partial charge >= 0.3 is 0 Å². The fraction of sp³-hybridized carbons (Fsp3) is 0.0312. The Morgan fingerprint density at radius 2 is 1.04 bits per heavy atom. The number of nitrogens with zero attached hydrogens (tertiary/aromatic N) is 1. The third-order valence-electron chi connectivity index (χ3n) is 6.61. The van der Waals surface area contributed by atoms with Gasteiger partial charge in [0.05, 0.1) is 16.7 Å². The molecule has 0 fully saturated rings. The zero-order chi connectivity index (χ0) is 36.3. The van der Waals surface area contributed by atoms with E-state index in [-0.39, 0.29) is 0 Å². The van der Waals surface area contributed by atoms with Gasteiger partial charge in [0.15, 0.2) is 6.29 Å². The third-order valence-corrected chi connectivity index (χ3v) is 11.1. The Labute approximate surface area is 287 Å². The molecule has 0 N–H and O–H groups in total. The first-order valence-electron chi connectivity index (χ1n) is 13.0. The Hall–Kier alpha value is -4.45. The molecule has 17 heteroatoms. The molecular formula is C32H21F10NO2S4. The van der Waals surface area contributed by atoms with Crippen LogP contribution in [0.2, 0.25) is 0 Å². The monoisotopic (exact) mass is 769 g/mol. The third kappa shape index (κ3) is 9.59. The minimum Gasteiger partial charge on any atom is -0.494 e. The number of thiophene rings is 4. The Morgan fingerprint density at radius 3 is 1.53 bits per heavy atom. The fourth-order valence-electron chi connectivity index (χ4n) is 4.72. The van der Waals surface area contributed by atoms with Crippen molar-refractivity contribution in [2.24, 2.45) is 0 Å². The van der Waals surface area contributed by atoms with E-state index in [1.165, 1.54) is 30.3 Å². The zero-order valence-electron chi connectivity index (χ0n) is 24.6. The number of hydrogen-bond donors (Lipinski definition) is 0. The molecule has 0 aliphatic heterocycles. The van der Waals surface area contributed by atoms with Crippen molar-refractivity contribution in [2.75, 3.05) is 12.0 Å². The van der Waals surface area contributed by atoms with Crippen LogP contribution in [0.5, 0.6) is 5.75 Å². The van der Waals surface area contributed by atoms with Crippen molar-refractivity contribution in [3.63, 3.8) is 0 Å². The number of halogens is 10. The summed E-state index contributed by atoms with van der Waals surface area (Å²) in [7, 11) is 1.73. The standard InChI is InChI=1S/C32H21NO2S4.5F2/c1-35-26-19-36-31-17-28(39-32(26)31)21-9-13-24(14-10-21)33(22-5-3-2-4-6-22)23-11-7-20(8-12-23)27-16-30-29(38-27)15-25(18-34)37-30;5*1-2/h2-19H,1H3;;;;;. The highest BCUT2D eigenvalue weighted by Crippen LogP contribution is 2.44. The van der Waals surface area contributed by atoms with Gasteiger partial charge in [0.25, 0.3) is 0 Å². The van der Waals surface area contributed by atoms with E-state index in [2.05, 4.69) is 95.2 Å². The highest BCUT2D eigenvalue weighted by Gasteiger charge is 2.15. The van der Waals surface area contributed by atoms with E-state index in [4.69, 9.17) is 50.5 Å². The van der Waals surface area contributed by atoms with Crippen LogP contribution in [0.4, 0.5) is 62.8 Å². The number of benzene rings is 3. The van der Waals surface area contributed by atoms with Crippen LogP contribution in [0.15, 0.2) is 102 Å². The van der Waals surface area contributed by atoms with Gasteiger partial charge in [-0.25, -0.2) is 0 Å². The van der Waals surface area contributed by atoms with Crippen molar-refractivity contribution < 1.29 is 55.3 Å². The number of hydrogen-bond acceptors (Lipinski definition) is 7. The molecule has 3 nitrogen and oxygen atoms in total. The Morgan fingerprint density at radius 1 is 0.571 bits per heavy atom. The summed E-state index contributed by atoms with van der Waals surface area (Å²) in [6.45, 7) is 0. The minimum atomic E-state index is 0.779. The first-order chi connectivity index (χ1) is 24.2.